The summed E-state index contributed by atoms with van der Waals surface area (Å²) in [6.07, 6.45) is 2.38. The van der Waals surface area contributed by atoms with Gasteiger partial charge in [0.15, 0.2) is 5.82 Å². The zero-order valence-electron chi connectivity index (χ0n) is 6.23. The number of methoxy groups -OCH3 is 1. The summed E-state index contributed by atoms with van der Waals surface area (Å²) in [6, 6.07) is 0.261. The fourth-order valence-electron chi connectivity index (χ4n) is 0.921. The predicted molar refractivity (Wildman–Crippen MR) is 37.3 cm³/mol. The van der Waals surface area contributed by atoms with E-state index in [9.17, 15) is 4.39 Å². The number of nitrogens with zero attached hydrogens (tertiary/aromatic N) is 4. The Morgan fingerprint density at radius 3 is 3.17 bits per heavy atom. The van der Waals surface area contributed by atoms with Crippen molar-refractivity contribution in [3.05, 3.63) is 18.3 Å². The molecule has 0 fully saturated rings. The summed E-state index contributed by atoms with van der Waals surface area (Å²) in [5.74, 6) is -0.520. The molecule has 0 aliphatic carbocycles. The molecular formula is C6H5FN4O. The average molecular weight is 168 g/mol. The van der Waals surface area contributed by atoms with Crippen LogP contribution in [-0.4, -0.2) is 26.7 Å². The van der Waals surface area contributed by atoms with Crippen molar-refractivity contribution in [2.75, 3.05) is 7.11 Å². The summed E-state index contributed by atoms with van der Waals surface area (Å²) in [5, 5.41) is 7.07. The Kier molecular flexibility index (Phi) is 1.39. The quantitative estimate of drug-likeness (QED) is 0.613. The van der Waals surface area contributed by atoms with Crippen LogP contribution in [0.4, 0.5) is 4.39 Å². The van der Waals surface area contributed by atoms with Crippen LogP contribution in [0, 0.1) is 5.82 Å². The van der Waals surface area contributed by atoms with Crippen molar-refractivity contribution in [1.82, 2.24) is 19.6 Å². The minimum absolute atomic E-state index is 0.113. The first-order valence-electron chi connectivity index (χ1n) is 3.21. The lowest BCUT2D eigenvalue weighted by Crippen LogP contribution is -1.98. The Hall–Kier alpha value is -1.72. The molecule has 0 saturated heterocycles. The molecule has 0 saturated carbocycles. The molecule has 0 amide bonds. The van der Waals surface area contributed by atoms with E-state index in [0.717, 1.165) is 6.20 Å². The van der Waals surface area contributed by atoms with Gasteiger partial charge in [0, 0.05) is 0 Å². The highest BCUT2D eigenvalue weighted by atomic mass is 19.1. The molecule has 2 rings (SSSR count). The van der Waals surface area contributed by atoms with Gasteiger partial charge in [-0.25, -0.2) is 13.8 Å². The van der Waals surface area contributed by atoms with Gasteiger partial charge in [0.05, 0.1) is 13.3 Å². The van der Waals surface area contributed by atoms with Crippen molar-refractivity contribution >= 4 is 5.65 Å². The lowest BCUT2D eigenvalue weighted by atomic mass is 10.6. The van der Waals surface area contributed by atoms with Crippen molar-refractivity contribution < 1.29 is 9.13 Å². The lowest BCUT2D eigenvalue weighted by Gasteiger charge is -1.99. The van der Waals surface area contributed by atoms with Crippen LogP contribution in [0.1, 0.15) is 0 Å². The first-order valence-corrected chi connectivity index (χ1v) is 3.21. The standard InChI is InChI=1S/C6H5FN4O/c1-12-6-8-2-4(7)5-10-9-3-11(5)6/h2-3H,1H3. The third-order valence-electron chi connectivity index (χ3n) is 1.44. The first kappa shape index (κ1) is 6.96. The molecule has 62 valence electrons. The van der Waals surface area contributed by atoms with Gasteiger partial charge in [0.1, 0.15) is 6.33 Å². The molecule has 0 radical (unpaired) electrons. The van der Waals surface area contributed by atoms with Crippen molar-refractivity contribution in [3.8, 4) is 6.01 Å². The van der Waals surface area contributed by atoms with Crippen LogP contribution in [0.25, 0.3) is 5.65 Å². The van der Waals surface area contributed by atoms with Crippen LogP contribution in [0.5, 0.6) is 6.01 Å². The number of rotatable bonds is 1. The second kappa shape index (κ2) is 2.40. The van der Waals surface area contributed by atoms with E-state index < -0.39 is 5.82 Å². The fourth-order valence-corrected chi connectivity index (χ4v) is 0.921. The van der Waals surface area contributed by atoms with Crippen LogP contribution in [0.15, 0.2) is 12.5 Å². The average Bonchev–Trinajstić information content (AvgIpc) is 2.54. The van der Waals surface area contributed by atoms with Crippen LogP contribution >= 0.6 is 0 Å². The van der Waals surface area contributed by atoms with Crippen LogP contribution in [0.2, 0.25) is 0 Å². The Morgan fingerprint density at radius 2 is 2.42 bits per heavy atom. The molecular weight excluding hydrogens is 163 g/mol. The number of hydrogen-bond donors (Lipinski definition) is 0. The largest absolute Gasteiger partial charge is 0.468 e. The summed E-state index contributed by atoms with van der Waals surface area (Å²) in [6.45, 7) is 0. The van der Waals surface area contributed by atoms with E-state index >= 15 is 0 Å². The Balaban J connectivity index is 2.82. The summed E-state index contributed by atoms with van der Waals surface area (Å²) in [5.41, 5.74) is 0.113. The predicted octanol–water partition coefficient (Wildman–Crippen LogP) is 0.272. The normalized spacial score (nSPS) is 10.5. The molecule has 0 bridgehead atoms. The third kappa shape index (κ3) is 0.810. The van der Waals surface area contributed by atoms with E-state index in [4.69, 9.17) is 4.74 Å². The second-order valence-electron chi connectivity index (χ2n) is 2.12. The SMILES string of the molecule is COc1ncc(F)c2nncn12. The van der Waals surface area contributed by atoms with E-state index in [1.807, 2.05) is 0 Å². The molecule has 0 aliphatic rings. The summed E-state index contributed by atoms with van der Waals surface area (Å²) in [7, 11) is 1.44. The van der Waals surface area contributed by atoms with Crippen molar-refractivity contribution in [2.45, 2.75) is 0 Å². The zero-order valence-corrected chi connectivity index (χ0v) is 6.23. The Labute approximate surface area is 66.8 Å². The molecule has 0 spiro atoms. The van der Waals surface area contributed by atoms with Gasteiger partial charge in [0.25, 0.3) is 0 Å². The third-order valence-corrected chi connectivity index (χ3v) is 1.44. The molecule has 0 aromatic carbocycles. The van der Waals surface area contributed by atoms with Crippen LogP contribution < -0.4 is 4.74 Å². The molecule has 2 aromatic heterocycles. The van der Waals surface area contributed by atoms with Gasteiger partial charge in [-0.15, -0.1) is 10.2 Å². The highest BCUT2D eigenvalue weighted by Crippen LogP contribution is 2.10. The summed E-state index contributed by atoms with van der Waals surface area (Å²) in [4.78, 5) is 3.68. The van der Waals surface area contributed by atoms with Gasteiger partial charge in [-0.2, -0.15) is 0 Å². The summed E-state index contributed by atoms with van der Waals surface area (Å²) >= 11 is 0. The fraction of sp³-hybridized carbons (Fsp3) is 0.167. The minimum atomic E-state index is -0.520. The molecule has 5 nitrogen and oxygen atoms in total. The number of hydrogen-bond acceptors (Lipinski definition) is 4. The maximum atomic E-state index is 12.9. The molecule has 0 atom stereocenters. The molecule has 12 heavy (non-hydrogen) atoms. The highest BCUT2D eigenvalue weighted by molar-refractivity contribution is 5.38. The summed E-state index contributed by atoms with van der Waals surface area (Å²) < 4.78 is 19.1. The minimum Gasteiger partial charge on any atom is -0.468 e. The second-order valence-corrected chi connectivity index (χ2v) is 2.12. The monoisotopic (exact) mass is 168 g/mol. The number of halogens is 1. The van der Waals surface area contributed by atoms with Gasteiger partial charge < -0.3 is 4.74 Å². The van der Waals surface area contributed by atoms with E-state index in [1.165, 1.54) is 17.8 Å². The van der Waals surface area contributed by atoms with Gasteiger partial charge in [0.2, 0.25) is 5.65 Å². The Bertz CT molecular complexity index is 413. The topological polar surface area (TPSA) is 52.3 Å². The number of aromatic nitrogens is 4. The van der Waals surface area contributed by atoms with Gasteiger partial charge in [-0.1, -0.05) is 0 Å². The van der Waals surface area contributed by atoms with Gasteiger partial charge in [-0.3, -0.25) is 0 Å². The van der Waals surface area contributed by atoms with Gasteiger partial charge in [-0.05, 0) is 0 Å². The zero-order chi connectivity index (χ0) is 8.55. The number of ether oxygens (including phenoxy) is 1. The highest BCUT2D eigenvalue weighted by Gasteiger charge is 2.07. The molecule has 0 aliphatic heterocycles. The van der Waals surface area contributed by atoms with Crippen molar-refractivity contribution in [1.29, 1.82) is 0 Å². The molecule has 0 unspecified atom stereocenters. The molecule has 0 N–H and O–H groups in total. The van der Waals surface area contributed by atoms with Crippen LogP contribution in [-0.2, 0) is 0 Å². The van der Waals surface area contributed by atoms with E-state index in [2.05, 4.69) is 15.2 Å². The molecule has 6 heteroatoms. The van der Waals surface area contributed by atoms with Crippen molar-refractivity contribution in [3.63, 3.8) is 0 Å². The van der Waals surface area contributed by atoms with Crippen LogP contribution in [0.3, 0.4) is 0 Å². The lowest BCUT2D eigenvalue weighted by molar-refractivity contribution is 0.371. The smallest absolute Gasteiger partial charge is 0.303 e. The first-order chi connectivity index (χ1) is 5.83. The van der Waals surface area contributed by atoms with Gasteiger partial charge >= 0.3 is 6.01 Å². The van der Waals surface area contributed by atoms with E-state index in [-0.39, 0.29) is 11.7 Å². The maximum Gasteiger partial charge on any atom is 0.303 e. The van der Waals surface area contributed by atoms with Crippen molar-refractivity contribution in [2.24, 2.45) is 0 Å². The molecule has 2 aromatic rings. The van der Waals surface area contributed by atoms with E-state index in [1.54, 1.807) is 0 Å². The molecule has 2 heterocycles. The van der Waals surface area contributed by atoms with E-state index in [0.29, 0.717) is 0 Å². The Morgan fingerprint density at radius 1 is 1.58 bits per heavy atom. The number of fused-ring (bicyclic) bond motifs is 1. The maximum absolute atomic E-state index is 12.9.